The molecule has 0 saturated carbocycles. The molecule has 0 aliphatic heterocycles. The molecule has 10 nitrogen and oxygen atoms in total. The fourth-order valence-corrected chi connectivity index (χ4v) is 3.17. The normalized spacial score (nSPS) is 10.8. The first-order valence-corrected chi connectivity index (χ1v) is 10.1. The summed E-state index contributed by atoms with van der Waals surface area (Å²) in [5.41, 5.74) is 2.67. The zero-order valence-corrected chi connectivity index (χ0v) is 18.4. The second kappa shape index (κ2) is 9.96. The lowest BCUT2D eigenvalue weighted by Gasteiger charge is -2.12. The molecule has 1 aromatic carbocycles. The highest BCUT2D eigenvalue weighted by atomic mass is 16.5. The molecule has 0 unspecified atom stereocenters. The number of hydrogen-bond donors (Lipinski definition) is 2. The van der Waals surface area contributed by atoms with E-state index in [1.54, 1.807) is 49.8 Å². The predicted octanol–water partition coefficient (Wildman–Crippen LogP) is 3.31. The van der Waals surface area contributed by atoms with Crippen molar-refractivity contribution in [3.63, 3.8) is 0 Å². The first-order chi connectivity index (χ1) is 16.1. The topological polar surface area (TPSA) is 120 Å². The van der Waals surface area contributed by atoms with Crippen molar-refractivity contribution in [3.05, 3.63) is 54.4 Å². The Morgan fingerprint density at radius 1 is 1.00 bits per heavy atom. The maximum absolute atomic E-state index is 12.8. The lowest BCUT2D eigenvalue weighted by atomic mass is 10.2. The second-order valence-corrected chi connectivity index (χ2v) is 6.93. The average molecular weight is 449 g/mol. The number of carbonyl (C=O) groups excluding carboxylic acids is 1. The van der Waals surface area contributed by atoms with Crippen molar-refractivity contribution in [2.45, 2.75) is 0 Å². The molecule has 3 heterocycles. The van der Waals surface area contributed by atoms with Crippen molar-refractivity contribution in [2.24, 2.45) is 0 Å². The van der Waals surface area contributed by atoms with Crippen LogP contribution in [0.15, 0.2) is 48.8 Å². The number of carbonyl (C=O) groups is 1. The van der Waals surface area contributed by atoms with Crippen LogP contribution in [0, 0.1) is 0 Å². The average Bonchev–Trinajstić information content (AvgIpc) is 3.28. The van der Waals surface area contributed by atoms with Crippen molar-refractivity contribution in [3.8, 4) is 28.9 Å². The fourth-order valence-electron chi connectivity index (χ4n) is 3.17. The van der Waals surface area contributed by atoms with Gasteiger partial charge in [0.05, 0.1) is 37.7 Å². The number of fused-ring (bicyclic) bond motifs is 1. The number of aromatic nitrogens is 4. The molecule has 2 N–H and O–H groups in total. The Hall–Kier alpha value is -4.18. The minimum Gasteiger partial charge on any atom is -0.493 e. The Bertz CT molecular complexity index is 1270. The van der Waals surface area contributed by atoms with Gasteiger partial charge in [-0.05, 0) is 30.3 Å². The molecule has 3 aromatic heterocycles. The summed E-state index contributed by atoms with van der Waals surface area (Å²) in [7, 11) is 4.63. The number of amides is 1. The van der Waals surface area contributed by atoms with Crippen LogP contribution in [0.2, 0.25) is 0 Å². The summed E-state index contributed by atoms with van der Waals surface area (Å²) >= 11 is 0. The fraction of sp³-hybridized carbons (Fsp3) is 0.217. The molecule has 0 aliphatic rings. The van der Waals surface area contributed by atoms with Crippen molar-refractivity contribution in [1.82, 2.24) is 19.9 Å². The van der Waals surface area contributed by atoms with Gasteiger partial charge in [0.1, 0.15) is 12.4 Å². The highest BCUT2D eigenvalue weighted by Crippen LogP contribution is 2.29. The molecule has 1 amide bonds. The number of nitrogens with zero attached hydrogens (tertiary/aromatic N) is 3. The summed E-state index contributed by atoms with van der Waals surface area (Å²) in [4.78, 5) is 28.8. The van der Waals surface area contributed by atoms with Gasteiger partial charge in [0.2, 0.25) is 0 Å². The molecular formula is C23H23N5O5. The summed E-state index contributed by atoms with van der Waals surface area (Å²) in [6.07, 6.45) is 3.30. The maximum Gasteiger partial charge on any atom is 0.316 e. The quantitative estimate of drug-likeness (QED) is 0.374. The Labute approximate surface area is 189 Å². The largest absolute Gasteiger partial charge is 0.493 e. The molecule has 0 saturated heterocycles. The first kappa shape index (κ1) is 22.0. The minimum absolute atomic E-state index is 0.280. The van der Waals surface area contributed by atoms with Gasteiger partial charge in [-0.15, -0.1) is 0 Å². The minimum atomic E-state index is -0.323. The number of hydrogen-bond acceptors (Lipinski definition) is 8. The summed E-state index contributed by atoms with van der Waals surface area (Å²) in [5.74, 6) is 1.07. The summed E-state index contributed by atoms with van der Waals surface area (Å²) in [6.45, 7) is 0.826. The lowest BCUT2D eigenvalue weighted by molar-refractivity contribution is 0.102. The molecule has 0 fully saturated rings. The van der Waals surface area contributed by atoms with Gasteiger partial charge >= 0.3 is 6.01 Å². The number of benzene rings is 1. The number of anilines is 1. The zero-order chi connectivity index (χ0) is 23.2. The molecule has 10 heteroatoms. The number of H-pyrrole nitrogens is 1. The van der Waals surface area contributed by atoms with Crippen LogP contribution < -0.4 is 19.5 Å². The molecule has 0 spiro atoms. The third-order valence-corrected chi connectivity index (χ3v) is 4.81. The number of pyridine rings is 1. The van der Waals surface area contributed by atoms with Gasteiger partial charge in [-0.25, -0.2) is 9.97 Å². The number of rotatable bonds is 9. The van der Waals surface area contributed by atoms with Crippen molar-refractivity contribution in [2.75, 3.05) is 39.9 Å². The van der Waals surface area contributed by atoms with Crippen LogP contribution in [0.4, 0.5) is 5.82 Å². The molecule has 4 aromatic rings. The molecule has 0 atom stereocenters. The Kier molecular flexibility index (Phi) is 6.65. The zero-order valence-electron chi connectivity index (χ0n) is 18.4. The van der Waals surface area contributed by atoms with E-state index in [0.717, 1.165) is 16.6 Å². The van der Waals surface area contributed by atoms with Gasteiger partial charge in [-0.2, -0.15) is 4.98 Å². The molecule has 4 rings (SSSR count). The Morgan fingerprint density at radius 3 is 2.67 bits per heavy atom. The van der Waals surface area contributed by atoms with Gasteiger partial charge in [0, 0.05) is 36.5 Å². The van der Waals surface area contributed by atoms with Gasteiger partial charge in [-0.3, -0.25) is 4.79 Å². The standard InChI is InChI=1S/C23H23N5O5/c1-30-8-9-33-19-5-4-14(11-20(19)31-2)22(29)28-21-12-17-15(13-25-21)10-18(26-17)16-6-7-24-23(27-16)32-3/h4-7,10-13,26H,8-9H2,1-3H3,(H,25,28,29). The third kappa shape index (κ3) is 5.01. The number of ether oxygens (including phenoxy) is 4. The van der Waals surface area contributed by atoms with E-state index in [4.69, 9.17) is 18.9 Å². The summed E-state index contributed by atoms with van der Waals surface area (Å²) in [5, 5.41) is 3.68. The maximum atomic E-state index is 12.8. The van der Waals surface area contributed by atoms with E-state index in [-0.39, 0.29) is 11.9 Å². The second-order valence-electron chi connectivity index (χ2n) is 6.93. The van der Waals surface area contributed by atoms with Crippen LogP contribution in [-0.2, 0) is 4.74 Å². The van der Waals surface area contributed by atoms with E-state index in [2.05, 4.69) is 25.3 Å². The van der Waals surface area contributed by atoms with Gasteiger partial charge in [0.25, 0.3) is 5.91 Å². The van der Waals surface area contributed by atoms with Crippen molar-refractivity contribution < 1.29 is 23.7 Å². The SMILES string of the molecule is COCCOc1ccc(C(=O)Nc2cc3[nH]c(-c4ccnc(OC)n4)cc3cn2)cc1OC. The van der Waals surface area contributed by atoms with Crippen LogP contribution in [0.25, 0.3) is 22.3 Å². The van der Waals surface area contributed by atoms with E-state index in [1.165, 1.54) is 14.2 Å². The lowest BCUT2D eigenvalue weighted by Crippen LogP contribution is -2.13. The van der Waals surface area contributed by atoms with Crippen molar-refractivity contribution >= 4 is 22.6 Å². The Balaban J connectivity index is 1.52. The van der Waals surface area contributed by atoms with Crippen LogP contribution in [0.3, 0.4) is 0 Å². The monoisotopic (exact) mass is 449 g/mol. The Morgan fingerprint density at radius 2 is 1.88 bits per heavy atom. The number of methoxy groups -OCH3 is 3. The van der Waals surface area contributed by atoms with Crippen LogP contribution in [-0.4, -0.2) is 60.4 Å². The third-order valence-electron chi connectivity index (χ3n) is 4.81. The van der Waals surface area contributed by atoms with Crippen LogP contribution in [0.1, 0.15) is 10.4 Å². The molecule has 0 radical (unpaired) electrons. The highest BCUT2D eigenvalue weighted by Gasteiger charge is 2.13. The van der Waals surface area contributed by atoms with Crippen LogP contribution >= 0.6 is 0 Å². The molecule has 0 aliphatic carbocycles. The van der Waals surface area contributed by atoms with E-state index < -0.39 is 0 Å². The van der Waals surface area contributed by atoms with E-state index >= 15 is 0 Å². The molecule has 170 valence electrons. The number of aromatic amines is 1. The smallest absolute Gasteiger partial charge is 0.316 e. The predicted molar refractivity (Wildman–Crippen MR) is 122 cm³/mol. The van der Waals surface area contributed by atoms with Crippen molar-refractivity contribution in [1.29, 1.82) is 0 Å². The summed E-state index contributed by atoms with van der Waals surface area (Å²) < 4.78 is 21.0. The van der Waals surface area contributed by atoms with E-state index in [1.807, 2.05) is 6.07 Å². The van der Waals surface area contributed by atoms with Gasteiger partial charge in [0.15, 0.2) is 11.5 Å². The van der Waals surface area contributed by atoms with E-state index in [9.17, 15) is 4.79 Å². The molecule has 0 bridgehead atoms. The molecule has 33 heavy (non-hydrogen) atoms. The van der Waals surface area contributed by atoms with Crippen LogP contribution in [0.5, 0.6) is 17.5 Å². The van der Waals surface area contributed by atoms with Gasteiger partial charge in [-0.1, -0.05) is 0 Å². The number of nitrogens with one attached hydrogen (secondary N) is 2. The summed E-state index contributed by atoms with van der Waals surface area (Å²) in [6, 6.07) is 10.7. The molecular weight excluding hydrogens is 426 g/mol. The van der Waals surface area contributed by atoms with Gasteiger partial charge < -0.3 is 29.2 Å². The highest BCUT2D eigenvalue weighted by molar-refractivity contribution is 6.04. The first-order valence-electron chi connectivity index (χ1n) is 10.1. The van der Waals surface area contributed by atoms with E-state index in [0.29, 0.717) is 41.8 Å².